The highest BCUT2D eigenvalue weighted by molar-refractivity contribution is 6.00. The van der Waals surface area contributed by atoms with Gasteiger partial charge in [0, 0.05) is 22.6 Å². The Labute approximate surface area is 187 Å². The molecule has 0 radical (unpaired) electrons. The lowest BCUT2D eigenvalue weighted by molar-refractivity contribution is 0.0921. The highest BCUT2D eigenvalue weighted by Crippen LogP contribution is 2.25. The van der Waals surface area contributed by atoms with Crippen LogP contribution in [0, 0.1) is 6.92 Å². The zero-order valence-corrected chi connectivity index (χ0v) is 18.6. The molecule has 0 aliphatic heterocycles. The Morgan fingerprint density at radius 1 is 0.938 bits per heavy atom. The van der Waals surface area contributed by atoms with Crippen LogP contribution in [0.1, 0.15) is 54.1 Å². The summed E-state index contributed by atoms with van der Waals surface area (Å²) in [4.78, 5) is 25.2. The summed E-state index contributed by atoms with van der Waals surface area (Å²) < 4.78 is 11.3. The number of fused-ring (bicyclic) bond motifs is 2. The first-order valence-corrected chi connectivity index (χ1v) is 11.3. The zero-order valence-electron chi connectivity index (χ0n) is 18.6. The molecule has 0 aliphatic carbocycles. The van der Waals surface area contributed by atoms with E-state index >= 15 is 0 Å². The molecule has 0 amide bonds. The van der Waals surface area contributed by atoms with Gasteiger partial charge in [-0.15, -0.1) is 0 Å². The van der Waals surface area contributed by atoms with E-state index in [0.717, 1.165) is 53.0 Å². The largest absolute Gasteiger partial charge is 0.485 e. The van der Waals surface area contributed by atoms with Gasteiger partial charge in [-0.25, -0.2) is 4.79 Å². The van der Waals surface area contributed by atoms with E-state index < -0.39 is 0 Å². The summed E-state index contributed by atoms with van der Waals surface area (Å²) in [5, 5.41) is 3.02. The van der Waals surface area contributed by atoms with Crippen molar-refractivity contribution in [3.05, 3.63) is 87.8 Å². The monoisotopic (exact) mass is 428 g/mol. The average molecular weight is 429 g/mol. The summed E-state index contributed by atoms with van der Waals surface area (Å²) in [6, 6.07) is 19.0. The topological polar surface area (TPSA) is 56.5 Å². The van der Waals surface area contributed by atoms with Gasteiger partial charge in [0.15, 0.2) is 12.4 Å². The minimum absolute atomic E-state index is 0.0808. The van der Waals surface area contributed by atoms with Gasteiger partial charge in [-0.2, -0.15) is 0 Å². The number of unbranched alkanes of at least 4 members (excludes halogenated alkanes) is 3. The Morgan fingerprint density at radius 3 is 2.56 bits per heavy atom. The standard InChI is InChI=1S/C28H28O4/c1-3-4-5-6-11-25-19(2)24-15-14-23(17-27(24)32-28(25)30)31-18-26(29)22-13-12-20-9-7-8-10-21(20)16-22/h7-10,12-17H,3-6,11,18H2,1-2H3. The van der Waals surface area contributed by atoms with Crippen LogP contribution in [-0.4, -0.2) is 12.4 Å². The molecule has 1 aromatic heterocycles. The van der Waals surface area contributed by atoms with Crippen LogP contribution in [0.2, 0.25) is 0 Å². The second-order valence-corrected chi connectivity index (χ2v) is 8.24. The zero-order chi connectivity index (χ0) is 22.5. The summed E-state index contributed by atoms with van der Waals surface area (Å²) in [5.74, 6) is 0.404. The number of benzene rings is 3. The molecule has 4 aromatic rings. The third-order valence-corrected chi connectivity index (χ3v) is 5.98. The fourth-order valence-corrected chi connectivity index (χ4v) is 4.08. The van der Waals surface area contributed by atoms with Gasteiger partial charge < -0.3 is 9.15 Å². The van der Waals surface area contributed by atoms with Crippen LogP contribution in [0.3, 0.4) is 0 Å². The molecule has 0 saturated carbocycles. The molecule has 0 saturated heterocycles. The predicted molar refractivity (Wildman–Crippen MR) is 129 cm³/mol. The number of rotatable bonds is 9. The summed E-state index contributed by atoms with van der Waals surface area (Å²) >= 11 is 0. The molecule has 0 aliphatic rings. The highest BCUT2D eigenvalue weighted by atomic mass is 16.5. The lowest BCUT2D eigenvalue weighted by atomic mass is 10.0. The van der Waals surface area contributed by atoms with Crippen molar-refractivity contribution in [2.45, 2.75) is 46.0 Å². The Kier molecular flexibility index (Phi) is 6.69. The fourth-order valence-electron chi connectivity index (χ4n) is 4.08. The van der Waals surface area contributed by atoms with Crippen molar-refractivity contribution >= 4 is 27.5 Å². The van der Waals surface area contributed by atoms with Gasteiger partial charge >= 0.3 is 5.63 Å². The third-order valence-electron chi connectivity index (χ3n) is 5.98. The third kappa shape index (κ3) is 4.75. The molecular formula is C28H28O4. The van der Waals surface area contributed by atoms with E-state index in [4.69, 9.17) is 9.15 Å². The maximum atomic E-state index is 12.6. The Bertz CT molecular complexity index is 1320. The Hall–Kier alpha value is -3.40. The lowest BCUT2D eigenvalue weighted by Gasteiger charge is -2.10. The van der Waals surface area contributed by atoms with Crippen LogP contribution in [0.15, 0.2) is 69.9 Å². The quantitative estimate of drug-likeness (QED) is 0.170. The van der Waals surface area contributed by atoms with Crippen molar-refractivity contribution in [2.75, 3.05) is 6.61 Å². The van der Waals surface area contributed by atoms with Crippen LogP contribution >= 0.6 is 0 Å². The van der Waals surface area contributed by atoms with Crippen molar-refractivity contribution < 1.29 is 13.9 Å². The lowest BCUT2D eigenvalue weighted by Crippen LogP contribution is -2.12. The molecule has 0 spiro atoms. The van der Waals surface area contributed by atoms with Crippen molar-refractivity contribution in [1.29, 1.82) is 0 Å². The van der Waals surface area contributed by atoms with E-state index in [9.17, 15) is 9.59 Å². The molecular weight excluding hydrogens is 400 g/mol. The molecule has 4 heteroatoms. The number of aryl methyl sites for hydroxylation is 1. The number of Topliss-reactive ketones (excluding diaryl/α,β-unsaturated/α-hetero) is 1. The molecule has 0 atom stereocenters. The molecule has 4 nitrogen and oxygen atoms in total. The summed E-state index contributed by atoms with van der Waals surface area (Å²) in [7, 11) is 0. The molecule has 3 aromatic carbocycles. The van der Waals surface area contributed by atoms with E-state index in [1.165, 1.54) is 6.42 Å². The first-order chi connectivity index (χ1) is 15.6. The van der Waals surface area contributed by atoms with E-state index in [1.807, 2.05) is 61.5 Å². The SMILES string of the molecule is CCCCCCc1c(C)c2ccc(OCC(=O)c3ccc4ccccc4c3)cc2oc1=O. The molecule has 32 heavy (non-hydrogen) atoms. The summed E-state index contributed by atoms with van der Waals surface area (Å²) in [5.41, 5.74) is 2.54. The van der Waals surface area contributed by atoms with Gasteiger partial charge in [0.05, 0.1) is 0 Å². The number of hydrogen-bond acceptors (Lipinski definition) is 4. The fraction of sp³-hybridized carbons (Fsp3) is 0.286. The second kappa shape index (κ2) is 9.82. The first-order valence-electron chi connectivity index (χ1n) is 11.3. The summed E-state index contributed by atoms with van der Waals surface area (Å²) in [6.45, 7) is 4.06. The number of hydrogen-bond donors (Lipinski definition) is 0. The van der Waals surface area contributed by atoms with Crippen molar-refractivity contribution in [2.24, 2.45) is 0 Å². The van der Waals surface area contributed by atoms with Crippen LogP contribution < -0.4 is 10.4 Å². The molecule has 4 rings (SSSR count). The molecule has 0 N–H and O–H groups in total. The average Bonchev–Trinajstić information content (AvgIpc) is 2.81. The van der Waals surface area contributed by atoms with E-state index in [2.05, 4.69) is 6.92 Å². The number of carbonyl (C=O) groups is 1. The van der Waals surface area contributed by atoms with Gasteiger partial charge in [0.25, 0.3) is 0 Å². The molecule has 164 valence electrons. The number of ether oxygens (including phenoxy) is 1. The predicted octanol–water partition coefficient (Wildman–Crippen LogP) is 6.64. The maximum Gasteiger partial charge on any atom is 0.339 e. The van der Waals surface area contributed by atoms with Gasteiger partial charge in [0.1, 0.15) is 11.3 Å². The minimum atomic E-state index is -0.282. The second-order valence-electron chi connectivity index (χ2n) is 8.24. The summed E-state index contributed by atoms with van der Waals surface area (Å²) in [6.07, 6.45) is 5.19. The maximum absolute atomic E-state index is 12.6. The van der Waals surface area contributed by atoms with Gasteiger partial charge in [-0.3, -0.25) is 4.79 Å². The first kappa shape index (κ1) is 21.8. The number of ketones is 1. The van der Waals surface area contributed by atoms with Crippen molar-refractivity contribution in [1.82, 2.24) is 0 Å². The molecule has 0 fully saturated rings. The number of carbonyl (C=O) groups excluding carboxylic acids is 1. The Morgan fingerprint density at radius 2 is 1.75 bits per heavy atom. The van der Waals surface area contributed by atoms with E-state index in [1.54, 1.807) is 6.07 Å². The smallest absolute Gasteiger partial charge is 0.339 e. The highest BCUT2D eigenvalue weighted by Gasteiger charge is 2.13. The van der Waals surface area contributed by atoms with Gasteiger partial charge in [0.2, 0.25) is 0 Å². The van der Waals surface area contributed by atoms with Crippen LogP contribution in [0.25, 0.3) is 21.7 Å². The molecule has 1 heterocycles. The Balaban J connectivity index is 1.48. The minimum Gasteiger partial charge on any atom is -0.485 e. The van der Waals surface area contributed by atoms with Gasteiger partial charge in [-0.1, -0.05) is 62.6 Å². The van der Waals surface area contributed by atoms with Crippen molar-refractivity contribution in [3.63, 3.8) is 0 Å². The van der Waals surface area contributed by atoms with Gasteiger partial charge in [-0.05, 0) is 54.3 Å². The van der Waals surface area contributed by atoms with Crippen LogP contribution in [0.5, 0.6) is 5.75 Å². The van der Waals surface area contributed by atoms with Crippen LogP contribution in [0.4, 0.5) is 0 Å². The van der Waals surface area contributed by atoms with Crippen LogP contribution in [-0.2, 0) is 6.42 Å². The van der Waals surface area contributed by atoms with Crippen molar-refractivity contribution in [3.8, 4) is 5.75 Å². The van der Waals surface area contributed by atoms with E-state index in [-0.39, 0.29) is 18.0 Å². The van der Waals surface area contributed by atoms with E-state index in [0.29, 0.717) is 16.9 Å². The molecule has 0 bridgehead atoms. The normalized spacial score (nSPS) is 11.2. The molecule has 0 unspecified atom stereocenters.